The van der Waals surface area contributed by atoms with E-state index in [2.05, 4.69) is 4.74 Å². The van der Waals surface area contributed by atoms with E-state index in [9.17, 15) is 27.6 Å². The molecular weight excluding hydrogens is 461 g/mol. The molecule has 2 aromatic rings. The number of alkyl halides is 3. The van der Waals surface area contributed by atoms with Gasteiger partial charge in [0.05, 0.1) is 7.11 Å². The number of hydrogen-bond donors (Lipinski definition) is 1. The fraction of sp³-hybridized carbons (Fsp3) is 0.261. The van der Waals surface area contributed by atoms with Crippen LogP contribution in [0.5, 0.6) is 0 Å². The third kappa shape index (κ3) is 4.45. The summed E-state index contributed by atoms with van der Waals surface area (Å²) in [5.41, 5.74) is -4.26. The molecule has 0 spiro atoms. The van der Waals surface area contributed by atoms with E-state index in [1.807, 2.05) is 0 Å². The van der Waals surface area contributed by atoms with E-state index in [0.717, 1.165) is 23.6 Å². The lowest BCUT2D eigenvalue weighted by Gasteiger charge is -2.33. The Morgan fingerprint density at radius 1 is 1.12 bits per heavy atom. The monoisotopic (exact) mass is 480 g/mol. The molecule has 33 heavy (non-hydrogen) atoms. The first-order valence-corrected chi connectivity index (χ1v) is 10.2. The Kier molecular flexibility index (Phi) is 6.83. The van der Waals surface area contributed by atoms with Gasteiger partial charge < -0.3 is 15.0 Å². The molecule has 2 aromatic carbocycles. The predicted molar refractivity (Wildman–Crippen MR) is 114 cm³/mol. The lowest BCUT2D eigenvalue weighted by atomic mass is 9.88. The second kappa shape index (κ2) is 9.27. The van der Waals surface area contributed by atoms with Gasteiger partial charge in [-0.05, 0) is 37.1 Å². The van der Waals surface area contributed by atoms with Crippen LogP contribution in [0.3, 0.4) is 0 Å². The van der Waals surface area contributed by atoms with Crippen molar-refractivity contribution in [3.63, 3.8) is 0 Å². The van der Waals surface area contributed by atoms with Gasteiger partial charge in [0.15, 0.2) is 0 Å². The molecule has 3 rings (SSSR count). The molecular formula is C23H20ClF3N2O4. The molecule has 0 saturated heterocycles. The number of halogens is 4. The summed E-state index contributed by atoms with van der Waals surface area (Å²) in [6, 6.07) is 14.0. The van der Waals surface area contributed by atoms with Crippen molar-refractivity contribution in [2.75, 3.05) is 13.7 Å². The first-order chi connectivity index (χ1) is 15.5. The quantitative estimate of drug-likeness (QED) is 0.636. The van der Waals surface area contributed by atoms with Crippen molar-refractivity contribution in [2.45, 2.75) is 25.1 Å². The second-order valence-electron chi connectivity index (χ2n) is 7.36. The van der Waals surface area contributed by atoms with Crippen LogP contribution in [0.25, 0.3) is 0 Å². The third-order valence-corrected chi connectivity index (χ3v) is 5.61. The molecule has 1 atom stereocenters. The fourth-order valence-electron chi connectivity index (χ4n) is 3.75. The average Bonchev–Trinajstić information content (AvgIpc) is 2.99. The van der Waals surface area contributed by atoms with Crippen molar-refractivity contribution in [1.29, 1.82) is 0 Å². The topological polar surface area (TPSA) is 75.7 Å². The number of carbonyl (C=O) groups is 3. The zero-order valence-electron chi connectivity index (χ0n) is 17.7. The van der Waals surface area contributed by atoms with Gasteiger partial charge in [-0.25, -0.2) is 4.79 Å². The van der Waals surface area contributed by atoms with E-state index in [1.165, 1.54) is 25.1 Å². The zero-order valence-corrected chi connectivity index (χ0v) is 18.5. The minimum Gasteiger partial charge on any atom is -0.466 e. The SMILES string of the molecule is COC(=O)C1=C(C)N(CCc2ccccc2)C(=O)[C@]1(NC(=O)c1cccc(Cl)c1)C(F)(F)F. The van der Waals surface area contributed by atoms with E-state index >= 15 is 0 Å². The number of rotatable bonds is 6. The molecule has 0 fully saturated rings. The number of esters is 1. The molecule has 10 heteroatoms. The minimum atomic E-state index is -5.34. The van der Waals surface area contributed by atoms with Crippen LogP contribution in [0.4, 0.5) is 13.2 Å². The number of methoxy groups -OCH3 is 1. The van der Waals surface area contributed by atoms with Crippen molar-refractivity contribution in [2.24, 2.45) is 0 Å². The van der Waals surface area contributed by atoms with Crippen molar-refractivity contribution < 1.29 is 32.3 Å². The number of hydrogen-bond acceptors (Lipinski definition) is 4. The number of amides is 2. The average molecular weight is 481 g/mol. The van der Waals surface area contributed by atoms with Crippen molar-refractivity contribution in [3.05, 3.63) is 82.0 Å². The first kappa shape index (κ1) is 24.3. The van der Waals surface area contributed by atoms with Gasteiger partial charge in [0.1, 0.15) is 5.57 Å². The molecule has 1 aliphatic rings. The number of nitrogens with zero attached hydrogens (tertiary/aromatic N) is 1. The van der Waals surface area contributed by atoms with Crippen LogP contribution < -0.4 is 5.32 Å². The van der Waals surface area contributed by atoms with Crippen LogP contribution in [0, 0.1) is 0 Å². The Bertz CT molecular complexity index is 1120. The Labute approximate surface area is 193 Å². The lowest BCUT2D eigenvalue weighted by Crippen LogP contribution is -2.66. The molecule has 0 bridgehead atoms. The van der Waals surface area contributed by atoms with Crippen LogP contribution in [-0.2, 0) is 20.7 Å². The second-order valence-corrected chi connectivity index (χ2v) is 7.79. The van der Waals surface area contributed by atoms with Gasteiger partial charge in [0.25, 0.3) is 17.4 Å². The summed E-state index contributed by atoms with van der Waals surface area (Å²) >= 11 is 5.85. The van der Waals surface area contributed by atoms with E-state index in [-0.39, 0.29) is 29.2 Å². The maximum absolute atomic E-state index is 14.5. The largest absolute Gasteiger partial charge is 0.466 e. The summed E-state index contributed by atoms with van der Waals surface area (Å²) < 4.78 is 48.2. The highest BCUT2D eigenvalue weighted by Gasteiger charge is 2.70. The van der Waals surface area contributed by atoms with Crippen LogP contribution in [0.1, 0.15) is 22.8 Å². The summed E-state index contributed by atoms with van der Waals surface area (Å²) in [6.45, 7) is 1.08. The minimum absolute atomic E-state index is 0.117. The molecule has 0 saturated carbocycles. The van der Waals surface area contributed by atoms with Crippen LogP contribution in [0.15, 0.2) is 65.9 Å². The molecule has 1 aliphatic heterocycles. The highest BCUT2D eigenvalue weighted by Crippen LogP contribution is 2.45. The zero-order chi connectivity index (χ0) is 24.4. The van der Waals surface area contributed by atoms with Gasteiger partial charge in [-0.15, -0.1) is 0 Å². The molecule has 2 amide bonds. The smallest absolute Gasteiger partial charge is 0.425 e. The summed E-state index contributed by atoms with van der Waals surface area (Å²) in [7, 11) is 0.902. The van der Waals surface area contributed by atoms with E-state index < -0.39 is 35.1 Å². The molecule has 1 heterocycles. The normalized spacial score (nSPS) is 18.5. The molecule has 0 aromatic heterocycles. The molecule has 0 aliphatic carbocycles. The first-order valence-electron chi connectivity index (χ1n) is 9.83. The number of allylic oxidation sites excluding steroid dienone is 1. The van der Waals surface area contributed by atoms with E-state index in [4.69, 9.17) is 11.6 Å². The number of ether oxygens (including phenoxy) is 1. The summed E-state index contributed by atoms with van der Waals surface area (Å²) in [6.07, 6.45) is -5.11. The Morgan fingerprint density at radius 2 is 1.79 bits per heavy atom. The van der Waals surface area contributed by atoms with E-state index in [1.54, 1.807) is 35.6 Å². The maximum atomic E-state index is 14.5. The Hall–Kier alpha value is -3.33. The number of carbonyl (C=O) groups excluding carboxylic acids is 3. The van der Waals surface area contributed by atoms with E-state index in [0.29, 0.717) is 0 Å². The molecule has 6 nitrogen and oxygen atoms in total. The predicted octanol–water partition coefficient (Wildman–Crippen LogP) is 3.90. The Balaban J connectivity index is 2.07. The van der Waals surface area contributed by atoms with Gasteiger partial charge in [0.2, 0.25) is 0 Å². The summed E-state index contributed by atoms with van der Waals surface area (Å²) in [4.78, 5) is 39.4. The standard InChI is InChI=1S/C23H20ClF3N2O4/c1-14-18(20(31)33-2)22(23(25,26)27,28-19(30)16-9-6-10-17(24)13-16)21(32)29(14)12-11-15-7-4-3-5-8-15/h3-10,13H,11-12H2,1-2H3,(H,28,30)/t22-/m0/s1. The molecule has 1 N–H and O–H groups in total. The van der Waals surface area contributed by atoms with Crippen LogP contribution >= 0.6 is 11.6 Å². The highest BCUT2D eigenvalue weighted by molar-refractivity contribution is 6.31. The molecule has 0 unspecified atom stereocenters. The third-order valence-electron chi connectivity index (χ3n) is 5.38. The fourth-order valence-corrected chi connectivity index (χ4v) is 3.94. The summed E-state index contributed by atoms with van der Waals surface area (Å²) in [5, 5.41) is 1.89. The van der Waals surface area contributed by atoms with Gasteiger partial charge in [0, 0.05) is 22.8 Å². The molecule has 174 valence electrons. The number of benzene rings is 2. The van der Waals surface area contributed by atoms with Crippen molar-refractivity contribution >= 4 is 29.4 Å². The van der Waals surface area contributed by atoms with Gasteiger partial charge in [-0.3, -0.25) is 9.59 Å². The van der Waals surface area contributed by atoms with Gasteiger partial charge in [-0.2, -0.15) is 13.2 Å². The van der Waals surface area contributed by atoms with Crippen molar-refractivity contribution in [1.82, 2.24) is 10.2 Å². The van der Waals surface area contributed by atoms with Gasteiger partial charge in [-0.1, -0.05) is 48.0 Å². The number of nitrogens with one attached hydrogen (secondary N) is 1. The van der Waals surface area contributed by atoms with Crippen LogP contribution in [-0.4, -0.2) is 48.1 Å². The molecule has 0 radical (unpaired) electrons. The maximum Gasteiger partial charge on any atom is 0.425 e. The summed E-state index contributed by atoms with van der Waals surface area (Å²) in [5.74, 6) is -4.08. The Morgan fingerprint density at radius 3 is 2.36 bits per heavy atom. The lowest BCUT2D eigenvalue weighted by molar-refractivity contribution is -0.192. The highest BCUT2D eigenvalue weighted by atomic mass is 35.5. The van der Waals surface area contributed by atoms with Crippen molar-refractivity contribution in [3.8, 4) is 0 Å². The van der Waals surface area contributed by atoms with Gasteiger partial charge >= 0.3 is 12.1 Å². The van der Waals surface area contributed by atoms with Crippen LogP contribution in [0.2, 0.25) is 5.02 Å².